The van der Waals surface area contributed by atoms with Gasteiger partial charge in [-0.25, -0.2) is 0 Å². The van der Waals surface area contributed by atoms with Gasteiger partial charge in [0.05, 0.1) is 13.2 Å². The van der Waals surface area contributed by atoms with Crippen LogP contribution in [0.5, 0.6) is 11.5 Å². The quantitative estimate of drug-likeness (QED) is 0.840. The molecule has 0 spiro atoms. The summed E-state index contributed by atoms with van der Waals surface area (Å²) >= 11 is 0. The molecule has 1 aromatic carbocycles. The lowest BCUT2D eigenvalue weighted by Gasteiger charge is -2.26. The molecule has 1 aliphatic rings. The van der Waals surface area contributed by atoms with Crippen molar-refractivity contribution in [3.8, 4) is 11.5 Å². The molecule has 1 heterocycles. The third-order valence-electron chi connectivity index (χ3n) is 3.98. The molecule has 1 aromatic rings. The Kier molecular flexibility index (Phi) is 5.97. The Hall–Kier alpha value is -1.40. The van der Waals surface area contributed by atoms with Gasteiger partial charge in [0.15, 0.2) is 0 Å². The van der Waals surface area contributed by atoms with Crippen molar-refractivity contribution in [2.75, 3.05) is 13.7 Å². The molecular formula is C16H23F2NO3. The van der Waals surface area contributed by atoms with Crippen LogP contribution in [0.1, 0.15) is 31.7 Å². The van der Waals surface area contributed by atoms with Gasteiger partial charge in [-0.05, 0) is 38.8 Å². The Balaban J connectivity index is 2.13. The summed E-state index contributed by atoms with van der Waals surface area (Å²) < 4.78 is 34.9. The number of methoxy groups -OCH3 is 1. The maximum absolute atomic E-state index is 12.6. The number of likely N-dealkylation sites (tertiary alicyclic amines) is 1. The Bertz CT molecular complexity index is 482. The summed E-state index contributed by atoms with van der Waals surface area (Å²) in [7, 11) is 1.49. The standard InChI is InChI=1S/C16H23F2NO3/c1-11(20)8-13-4-3-7-19(13)10-12-5-6-14(21-2)9-15(12)22-16(17)18/h5-6,9,11,13,16,20H,3-4,7-8,10H2,1-2H3. The number of hydrogen-bond acceptors (Lipinski definition) is 4. The van der Waals surface area contributed by atoms with Crippen LogP contribution in [0, 0.1) is 0 Å². The highest BCUT2D eigenvalue weighted by atomic mass is 19.3. The van der Waals surface area contributed by atoms with Gasteiger partial charge in [0.1, 0.15) is 11.5 Å². The molecule has 22 heavy (non-hydrogen) atoms. The van der Waals surface area contributed by atoms with Crippen molar-refractivity contribution in [1.29, 1.82) is 0 Å². The number of ether oxygens (including phenoxy) is 2. The fraction of sp³-hybridized carbons (Fsp3) is 0.625. The van der Waals surface area contributed by atoms with Crippen LogP contribution in [0.25, 0.3) is 0 Å². The van der Waals surface area contributed by atoms with Crippen molar-refractivity contribution in [1.82, 2.24) is 4.90 Å². The summed E-state index contributed by atoms with van der Waals surface area (Å²) in [6.07, 6.45) is 2.41. The molecule has 1 saturated heterocycles. The summed E-state index contributed by atoms with van der Waals surface area (Å²) in [6.45, 7) is 0.341. The first kappa shape index (κ1) is 17.0. The van der Waals surface area contributed by atoms with Gasteiger partial charge in [-0.1, -0.05) is 6.07 Å². The van der Waals surface area contributed by atoms with Crippen molar-refractivity contribution in [2.45, 2.75) is 51.5 Å². The van der Waals surface area contributed by atoms with E-state index in [1.165, 1.54) is 13.2 Å². The van der Waals surface area contributed by atoms with E-state index < -0.39 is 6.61 Å². The first-order valence-electron chi connectivity index (χ1n) is 7.53. The lowest BCUT2D eigenvalue weighted by molar-refractivity contribution is -0.0509. The third-order valence-corrected chi connectivity index (χ3v) is 3.98. The van der Waals surface area contributed by atoms with Gasteiger partial charge < -0.3 is 14.6 Å². The number of benzene rings is 1. The van der Waals surface area contributed by atoms with Crippen LogP contribution in [0.2, 0.25) is 0 Å². The number of halogens is 2. The maximum Gasteiger partial charge on any atom is 0.387 e. The van der Waals surface area contributed by atoms with Crippen molar-refractivity contribution in [3.63, 3.8) is 0 Å². The number of nitrogens with zero attached hydrogens (tertiary/aromatic N) is 1. The predicted molar refractivity (Wildman–Crippen MR) is 79.4 cm³/mol. The minimum absolute atomic E-state index is 0.150. The Morgan fingerprint density at radius 3 is 2.82 bits per heavy atom. The molecule has 1 N–H and O–H groups in total. The molecule has 0 aromatic heterocycles. The van der Waals surface area contributed by atoms with Crippen LogP contribution in [-0.4, -0.2) is 42.4 Å². The molecule has 2 unspecified atom stereocenters. The lowest BCUT2D eigenvalue weighted by atomic mass is 10.1. The Morgan fingerprint density at radius 2 is 2.18 bits per heavy atom. The largest absolute Gasteiger partial charge is 0.497 e. The van der Waals surface area contributed by atoms with Gasteiger partial charge in [0.2, 0.25) is 0 Å². The van der Waals surface area contributed by atoms with Crippen molar-refractivity contribution in [2.24, 2.45) is 0 Å². The molecule has 0 saturated carbocycles. The van der Waals surface area contributed by atoms with E-state index in [4.69, 9.17) is 4.74 Å². The fourth-order valence-electron chi connectivity index (χ4n) is 2.98. The monoisotopic (exact) mass is 315 g/mol. The molecule has 6 heteroatoms. The lowest BCUT2D eigenvalue weighted by Crippen LogP contribution is -2.31. The zero-order chi connectivity index (χ0) is 16.1. The van der Waals surface area contributed by atoms with Gasteiger partial charge >= 0.3 is 6.61 Å². The molecule has 4 nitrogen and oxygen atoms in total. The van der Waals surface area contributed by atoms with Crippen molar-refractivity contribution >= 4 is 0 Å². The molecule has 1 aliphatic heterocycles. The highest BCUT2D eigenvalue weighted by Gasteiger charge is 2.26. The average molecular weight is 315 g/mol. The topological polar surface area (TPSA) is 41.9 Å². The van der Waals surface area contributed by atoms with Gasteiger partial charge in [-0.15, -0.1) is 0 Å². The number of alkyl halides is 2. The molecular weight excluding hydrogens is 292 g/mol. The minimum Gasteiger partial charge on any atom is -0.497 e. The highest BCUT2D eigenvalue weighted by Crippen LogP contribution is 2.30. The van der Waals surface area contributed by atoms with E-state index in [2.05, 4.69) is 9.64 Å². The molecule has 0 radical (unpaired) electrons. The number of aliphatic hydroxyl groups excluding tert-OH is 1. The maximum atomic E-state index is 12.6. The predicted octanol–water partition coefficient (Wildman–Crippen LogP) is 3.03. The average Bonchev–Trinajstić information content (AvgIpc) is 2.86. The summed E-state index contributed by atoms with van der Waals surface area (Å²) in [5, 5.41) is 9.57. The van der Waals surface area contributed by atoms with Crippen LogP contribution in [0.3, 0.4) is 0 Å². The second kappa shape index (κ2) is 7.74. The third kappa shape index (κ3) is 4.55. The summed E-state index contributed by atoms with van der Waals surface area (Å²) in [5.41, 5.74) is 0.707. The summed E-state index contributed by atoms with van der Waals surface area (Å²) in [5.74, 6) is 0.637. The van der Waals surface area contributed by atoms with Gasteiger partial charge in [0.25, 0.3) is 0 Å². The number of rotatable bonds is 7. The van der Waals surface area contributed by atoms with Gasteiger partial charge in [0, 0.05) is 24.2 Å². The first-order valence-corrected chi connectivity index (χ1v) is 7.53. The number of hydrogen-bond donors (Lipinski definition) is 1. The molecule has 0 bridgehead atoms. The van der Waals surface area contributed by atoms with Crippen LogP contribution in [-0.2, 0) is 6.54 Å². The molecule has 0 aliphatic carbocycles. The van der Waals surface area contributed by atoms with Gasteiger partial charge in [-0.3, -0.25) is 4.90 Å². The van der Waals surface area contributed by atoms with E-state index in [1.807, 2.05) is 0 Å². The smallest absolute Gasteiger partial charge is 0.387 e. The van der Waals surface area contributed by atoms with E-state index in [-0.39, 0.29) is 17.9 Å². The van der Waals surface area contributed by atoms with Crippen molar-refractivity contribution < 1.29 is 23.4 Å². The molecule has 2 atom stereocenters. The van der Waals surface area contributed by atoms with Crippen molar-refractivity contribution in [3.05, 3.63) is 23.8 Å². The normalized spacial score (nSPS) is 20.4. The van der Waals surface area contributed by atoms with E-state index >= 15 is 0 Å². The zero-order valence-corrected chi connectivity index (χ0v) is 13.0. The second-order valence-electron chi connectivity index (χ2n) is 5.70. The zero-order valence-electron chi connectivity index (χ0n) is 13.0. The van der Waals surface area contributed by atoms with E-state index in [1.54, 1.807) is 19.1 Å². The molecule has 124 valence electrons. The van der Waals surface area contributed by atoms with E-state index in [9.17, 15) is 13.9 Å². The summed E-state index contributed by atoms with van der Waals surface area (Å²) in [4.78, 5) is 2.22. The minimum atomic E-state index is -2.86. The molecule has 1 fully saturated rings. The Morgan fingerprint density at radius 1 is 1.41 bits per heavy atom. The summed E-state index contributed by atoms with van der Waals surface area (Å²) in [6, 6.07) is 5.27. The first-order chi connectivity index (χ1) is 10.5. The van der Waals surface area contributed by atoms with E-state index in [0.29, 0.717) is 24.3 Å². The van der Waals surface area contributed by atoms with Gasteiger partial charge in [-0.2, -0.15) is 8.78 Å². The van der Waals surface area contributed by atoms with Crippen LogP contribution in [0.4, 0.5) is 8.78 Å². The number of aliphatic hydroxyl groups is 1. The SMILES string of the molecule is COc1ccc(CN2CCCC2CC(C)O)c(OC(F)F)c1. The fourth-order valence-corrected chi connectivity index (χ4v) is 2.98. The highest BCUT2D eigenvalue weighted by molar-refractivity contribution is 5.40. The molecule has 0 amide bonds. The van der Waals surface area contributed by atoms with Crippen LogP contribution in [0.15, 0.2) is 18.2 Å². The molecule has 2 rings (SSSR count). The van der Waals surface area contributed by atoms with Crippen LogP contribution >= 0.6 is 0 Å². The van der Waals surface area contributed by atoms with Crippen LogP contribution < -0.4 is 9.47 Å². The van der Waals surface area contributed by atoms with E-state index in [0.717, 1.165) is 19.4 Å². The Labute approximate surface area is 129 Å². The second-order valence-corrected chi connectivity index (χ2v) is 5.70.